The highest BCUT2D eigenvalue weighted by Crippen LogP contribution is 2.43. The van der Waals surface area contributed by atoms with Crippen molar-refractivity contribution in [2.24, 2.45) is 0 Å². The molecule has 0 spiro atoms. The Bertz CT molecular complexity index is 1790. The first kappa shape index (κ1) is 78.1. The zero-order chi connectivity index (χ0) is 59.8. The number of aliphatic hydroxyl groups is 1. The number of rotatable bonds is 60. The van der Waals surface area contributed by atoms with Crippen molar-refractivity contribution >= 4 is 25.7 Å². The third-order valence-corrected chi connectivity index (χ3v) is 14.6. The first-order valence-corrected chi connectivity index (χ1v) is 34.3. The molecule has 0 bridgehead atoms. The van der Waals surface area contributed by atoms with E-state index in [1.165, 1.54) is 96.3 Å². The fraction of sp³-hybridized carbons (Fsp3) is 0.700. The number of phosphoric ester groups is 1. The second kappa shape index (κ2) is 63.2. The molecule has 0 heterocycles. The van der Waals surface area contributed by atoms with E-state index in [1.54, 1.807) is 0 Å². The standard InChI is InChI=1S/C70H119O11P/c1-4-7-10-13-16-19-22-25-28-31-33-36-39-42-45-48-51-54-57-60-69(73)80-66(62-71)64-78-82(75,76)79-65-67(63-77-68(72)59-56-53-50-47-44-41-38-35-30-27-24-21-18-15-12-9-6-3)81-70(74)61-58-55-52-49-46-43-40-37-34-32-29-26-23-20-17-14-11-8-5-2/h8-9,11-12,17-18,20-21,26-27,29-30,34,37-38,41,47,50,66-67,71H,4-7,10,13-16,19,22-25,28,31-33,35-36,39-40,42-46,48-49,51-65H2,1-3H3,(H,75,76)/b11-8-,12-9-,20-17-,21-18-,29-26-,30-27-,37-34-,41-38-,50-47-. The molecule has 2 N–H and O–H groups in total. The molecule has 11 nitrogen and oxygen atoms in total. The van der Waals surface area contributed by atoms with Gasteiger partial charge in [-0.1, -0.05) is 271 Å². The summed E-state index contributed by atoms with van der Waals surface area (Å²) in [6.07, 6.45) is 77.6. The third-order valence-electron chi connectivity index (χ3n) is 13.7. The van der Waals surface area contributed by atoms with Gasteiger partial charge in [0.2, 0.25) is 0 Å². The van der Waals surface area contributed by atoms with Crippen LogP contribution in [0, 0.1) is 0 Å². The van der Waals surface area contributed by atoms with Crippen molar-refractivity contribution < 1.29 is 52.2 Å². The summed E-state index contributed by atoms with van der Waals surface area (Å²) in [5.74, 6) is -1.55. The molecule has 3 unspecified atom stereocenters. The summed E-state index contributed by atoms with van der Waals surface area (Å²) < 4.78 is 39.7. The maximum absolute atomic E-state index is 13.0. The fourth-order valence-corrected chi connectivity index (χ4v) is 9.58. The molecule has 0 fully saturated rings. The van der Waals surface area contributed by atoms with Crippen molar-refractivity contribution in [1.29, 1.82) is 0 Å². The van der Waals surface area contributed by atoms with Gasteiger partial charge in [0.05, 0.1) is 19.8 Å². The molecule has 0 amide bonds. The van der Waals surface area contributed by atoms with Crippen molar-refractivity contribution in [1.82, 2.24) is 0 Å². The lowest BCUT2D eigenvalue weighted by Crippen LogP contribution is -2.30. The van der Waals surface area contributed by atoms with Gasteiger partial charge in [0.15, 0.2) is 6.10 Å². The smallest absolute Gasteiger partial charge is 0.462 e. The summed E-state index contributed by atoms with van der Waals surface area (Å²) in [5, 5.41) is 9.87. The first-order valence-electron chi connectivity index (χ1n) is 32.8. The van der Waals surface area contributed by atoms with Crippen LogP contribution in [0.2, 0.25) is 0 Å². The normalized spacial score (nSPS) is 14.0. The van der Waals surface area contributed by atoms with Crippen LogP contribution in [-0.2, 0) is 42.2 Å². The van der Waals surface area contributed by atoms with Crippen LogP contribution < -0.4 is 0 Å². The summed E-state index contributed by atoms with van der Waals surface area (Å²) in [6, 6.07) is 0. The molecule has 0 saturated carbocycles. The van der Waals surface area contributed by atoms with Gasteiger partial charge < -0.3 is 24.2 Å². The molecule has 82 heavy (non-hydrogen) atoms. The largest absolute Gasteiger partial charge is 0.472 e. The van der Waals surface area contributed by atoms with Gasteiger partial charge in [0.25, 0.3) is 0 Å². The Kier molecular flexibility index (Phi) is 60.2. The Morgan fingerprint density at radius 2 is 0.646 bits per heavy atom. The van der Waals surface area contributed by atoms with Crippen LogP contribution in [0.1, 0.15) is 278 Å². The van der Waals surface area contributed by atoms with Crippen LogP contribution >= 0.6 is 7.82 Å². The van der Waals surface area contributed by atoms with Gasteiger partial charge in [0, 0.05) is 19.3 Å². The molecule has 0 aliphatic rings. The zero-order valence-corrected chi connectivity index (χ0v) is 53.1. The van der Waals surface area contributed by atoms with E-state index in [2.05, 4.69) is 124 Å². The van der Waals surface area contributed by atoms with E-state index in [0.29, 0.717) is 25.7 Å². The second-order valence-electron chi connectivity index (χ2n) is 21.5. The predicted molar refractivity (Wildman–Crippen MR) is 343 cm³/mol. The maximum atomic E-state index is 13.0. The molecule has 12 heteroatoms. The van der Waals surface area contributed by atoms with Crippen molar-refractivity contribution in [2.45, 2.75) is 290 Å². The molecule has 3 atom stereocenters. The monoisotopic (exact) mass is 1170 g/mol. The van der Waals surface area contributed by atoms with Gasteiger partial charge in [-0.05, 0) is 96.3 Å². The second-order valence-corrected chi connectivity index (χ2v) is 23.0. The Morgan fingerprint density at radius 1 is 0.354 bits per heavy atom. The lowest BCUT2D eigenvalue weighted by atomic mass is 10.0. The van der Waals surface area contributed by atoms with Crippen LogP contribution in [0.4, 0.5) is 0 Å². The maximum Gasteiger partial charge on any atom is 0.472 e. The van der Waals surface area contributed by atoms with Gasteiger partial charge in [-0.2, -0.15) is 0 Å². The summed E-state index contributed by atoms with van der Waals surface area (Å²) in [4.78, 5) is 48.8. The SMILES string of the molecule is CC/C=C\C/C=C\C/C=C\C/C=C\C/C=C\CCCC(=O)OCC(COP(=O)(O)OCC(CO)OC(=O)CCCCCCCCCCCCCCCCCCCCC)OC(=O)CCCCCCCC/C=C\C/C=C\C/C=C\C/C=C\CC. The Morgan fingerprint density at radius 3 is 1.01 bits per heavy atom. The van der Waals surface area contributed by atoms with Gasteiger partial charge in [-0.25, -0.2) is 4.57 Å². The molecule has 470 valence electrons. The third kappa shape index (κ3) is 60.7. The highest BCUT2D eigenvalue weighted by molar-refractivity contribution is 7.47. The van der Waals surface area contributed by atoms with E-state index >= 15 is 0 Å². The summed E-state index contributed by atoms with van der Waals surface area (Å²) >= 11 is 0. The number of hydrogen-bond acceptors (Lipinski definition) is 10. The van der Waals surface area contributed by atoms with Gasteiger partial charge >= 0.3 is 25.7 Å². The molecule has 0 aromatic carbocycles. The number of allylic oxidation sites excluding steroid dienone is 18. The number of aliphatic hydroxyl groups excluding tert-OH is 1. The van der Waals surface area contributed by atoms with Crippen molar-refractivity contribution in [2.75, 3.05) is 26.4 Å². The minimum Gasteiger partial charge on any atom is -0.462 e. The van der Waals surface area contributed by atoms with Gasteiger partial charge in [-0.3, -0.25) is 23.4 Å². The van der Waals surface area contributed by atoms with E-state index in [0.717, 1.165) is 116 Å². The lowest BCUT2D eigenvalue weighted by molar-refractivity contribution is -0.161. The Hall–Kier alpha value is -3.86. The molecule has 0 rings (SSSR count). The van der Waals surface area contributed by atoms with Crippen molar-refractivity contribution in [3.63, 3.8) is 0 Å². The summed E-state index contributed by atoms with van der Waals surface area (Å²) in [5.41, 5.74) is 0. The van der Waals surface area contributed by atoms with Gasteiger partial charge in [-0.15, -0.1) is 0 Å². The first-order chi connectivity index (χ1) is 40.2. The van der Waals surface area contributed by atoms with Crippen LogP contribution in [0.25, 0.3) is 0 Å². The van der Waals surface area contributed by atoms with E-state index in [-0.39, 0.29) is 25.9 Å². The molecular formula is C70H119O11P. The van der Waals surface area contributed by atoms with E-state index in [4.69, 9.17) is 23.3 Å². The number of ether oxygens (including phenoxy) is 3. The van der Waals surface area contributed by atoms with Crippen molar-refractivity contribution in [3.05, 3.63) is 109 Å². The number of carbonyl (C=O) groups excluding carboxylic acids is 3. The summed E-state index contributed by atoms with van der Waals surface area (Å²) in [7, 11) is -4.78. The zero-order valence-electron chi connectivity index (χ0n) is 52.2. The molecule has 0 saturated heterocycles. The minimum atomic E-state index is -4.78. The minimum absolute atomic E-state index is 0.135. The molecule has 0 aliphatic heterocycles. The molecule has 0 aromatic heterocycles. The van der Waals surface area contributed by atoms with E-state index in [9.17, 15) is 28.9 Å². The predicted octanol–water partition coefficient (Wildman–Crippen LogP) is 20.1. The molecule has 0 aliphatic carbocycles. The number of hydrogen-bond donors (Lipinski definition) is 2. The quantitative estimate of drug-likeness (QED) is 0.0197. The highest BCUT2D eigenvalue weighted by atomic mass is 31.2. The Labute approximate surface area is 501 Å². The molecular weight excluding hydrogens is 1050 g/mol. The number of carbonyl (C=O) groups is 3. The Balaban J connectivity index is 4.76. The van der Waals surface area contributed by atoms with Crippen molar-refractivity contribution in [3.8, 4) is 0 Å². The van der Waals surface area contributed by atoms with Gasteiger partial charge in [0.1, 0.15) is 12.7 Å². The fourth-order valence-electron chi connectivity index (χ4n) is 8.80. The van der Waals surface area contributed by atoms with Crippen LogP contribution in [0.5, 0.6) is 0 Å². The number of unbranched alkanes of at least 4 members (excludes halogenated alkanes) is 25. The average Bonchev–Trinajstić information content (AvgIpc) is 3.47. The number of phosphoric acid groups is 1. The van der Waals surface area contributed by atoms with Crippen LogP contribution in [0.15, 0.2) is 109 Å². The molecule has 0 aromatic rings. The van der Waals surface area contributed by atoms with E-state index < -0.39 is 57.8 Å². The molecule has 0 radical (unpaired) electrons. The average molecular weight is 1170 g/mol. The lowest BCUT2D eigenvalue weighted by Gasteiger charge is -2.21. The number of esters is 3. The van der Waals surface area contributed by atoms with Crippen LogP contribution in [-0.4, -0.2) is 66.5 Å². The topological polar surface area (TPSA) is 155 Å². The van der Waals surface area contributed by atoms with E-state index in [1.807, 2.05) is 6.08 Å². The van der Waals surface area contributed by atoms with Crippen LogP contribution in [0.3, 0.4) is 0 Å². The highest BCUT2D eigenvalue weighted by Gasteiger charge is 2.28. The summed E-state index contributed by atoms with van der Waals surface area (Å²) in [6.45, 7) is 4.38.